The summed E-state index contributed by atoms with van der Waals surface area (Å²) in [6, 6.07) is 12.3. The Balaban J connectivity index is 1.68. The Bertz CT molecular complexity index is 1140. The topological polar surface area (TPSA) is 59.5 Å². The number of imide groups is 1. The van der Waals surface area contributed by atoms with Crippen molar-refractivity contribution < 1.29 is 27.5 Å². The van der Waals surface area contributed by atoms with Crippen LogP contribution in [0.2, 0.25) is 0 Å². The van der Waals surface area contributed by atoms with Crippen LogP contribution < -0.4 is 4.74 Å². The first-order valence-electron chi connectivity index (χ1n) is 8.99. The number of carbonyl (C=O) groups excluding carboxylic acids is 2. The van der Waals surface area contributed by atoms with Crippen LogP contribution in [0.5, 0.6) is 5.75 Å². The molecule has 0 unspecified atom stereocenters. The number of benzene rings is 2. The van der Waals surface area contributed by atoms with Gasteiger partial charge in [-0.1, -0.05) is 24.3 Å². The minimum absolute atomic E-state index is 0.0394. The lowest BCUT2D eigenvalue weighted by Gasteiger charge is -2.17. The third-order valence-electron chi connectivity index (χ3n) is 4.79. The fourth-order valence-electron chi connectivity index (χ4n) is 3.53. The second-order valence-electron chi connectivity index (χ2n) is 6.81. The summed E-state index contributed by atoms with van der Waals surface area (Å²) in [5.74, 6) is -2.04. The summed E-state index contributed by atoms with van der Waals surface area (Å²) in [5, 5.41) is 0. The molecule has 4 rings (SSSR count). The molecule has 0 saturated carbocycles. The average Bonchev–Trinajstić information content (AvgIpc) is 3.04. The van der Waals surface area contributed by atoms with Gasteiger partial charge in [-0.3, -0.25) is 19.5 Å². The van der Waals surface area contributed by atoms with Crippen LogP contribution in [0.15, 0.2) is 60.9 Å². The molecule has 2 aromatic carbocycles. The lowest BCUT2D eigenvalue weighted by atomic mass is 9.97. The molecule has 0 saturated heterocycles. The number of fused-ring (bicyclic) bond motifs is 1. The molecule has 1 aliphatic rings. The molecule has 152 valence electrons. The second-order valence-corrected chi connectivity index (χ2v) is 6.81. The third kappa shape index (κ3) is 3.63. The number of nitrogens with zero attached hydrogens (tertiary/aromatic N) is 2. The molecule has 0 bridgehead atoms. The molecule has 2 heterocycles. The highest BCUT2D eigenvalue weighted by Crippen LogP contribution is 2.34. The van der Waals surface area contributed by atoms with E-state index in [0.717, 1.165) is 22.1 Å². The van der Waals surface area contributed by atoms with Crippen LogP contribution in [0.25, 0.3) is 11.1 Å². The molecule has 8 heteroatoms. The van der Waals surface area contributed by atoms with Gasteiger partial charge in [0.25, 0.3) is 11.8 Å². The summed E-state index contributed by atoms with van der Waals surface area (Å²) in [4.78, 5) is 30.9. The highest BCUT2D eigenvalue weighted by molar-refractivity contribution is 6.14. The van der Waals surface area contributed by atoms with Crippen molar-refractivity contribution in [1.82, 2.24) is 9.88 Å². The van der Waals surface area contributed by atoms with Crippen molar-refractivity contribution in [3.05, 3.63) is 83.2 Å². The normalized spacial score (nSPS) is 13.3. The molecular weight excluding hydrogens is 397 g/mol. The summed E-state index contributed by atoms with van der Waals surface area (Å²) in [6.07, 6.45) is -1.62. The number of halogens is 3. The minimum Gasteiger partial charge on any atom is -0.405 e. The first-order valence-corrected chi connectivity index (χ1v) is 8.99. The molecule has 2 amide bonds. The number of para-hydroxylation sites is 1. The van der Waals surface area contributed by atoms with E-state index in [-0.39, 0.29) is 12.1 Å². The number of carbonyl (C=O) groups is 2. The number of alkyl halides is 3. The number of ether oxygens (including phenoxy) is 1. The number of amides is 2. The van der Waals surface area contributed by atoms with E-state index in [1.54, 1.807) is 31.5 Å². The van der Waals surface area contributed by atoms with Crippen molar-refractivity contribution in [1.29, 1.82) is 0 Å². The number of rotatable bonds is 3. The zero-order valence-corrected chi connectivity index (χ0v) is 15.7. The molecule has 0 spiro atoms. The van der Waals surface area contributed by atoms with E-state index in [2.05, 4.69) is 9.72 Å². The van der Waals surface area contributed by atoms with Gasteiger partial charge in [0, 0.05) is 23.5 Å². The molecule has 0 fully saturated rings. The molecule has 1 aromatic heterocycles. The lowest BCUT2D eigenvalue weighted by Crippen LogP contribution is -2.32. The standard InChI is InChI=1S/C22H15F3N2O3/c1-13-9-15(14-5-4-8-26-11-14)10-16-12-27(21(29)19(13)16)20(28)17-6-2-3-7-18(17)30-22(23,24)25/h2-11H,12H2,1H3. The van der Waals surface area contributed by atoms with Gasteiger partial charge in [0.05, 0.1) is 12.1 Å². The number of hydrogen-bond donors (Lipinski definition) is 0. The number of pyridine rings is 1. The summed E-state index contributed by atoms with van der Waals surface area (Å²) in [5.41, 5.74) is 3.03. The fraction of sp³-hybridized carbons (Fsp3) is 0.136. The number of hydrogen-bond acceptors (Lipinski definition) is 4. The van der Waals surface area contributed by atoms with Gasteiger partial charge < -0.3 is 4.74 Å². The molecule has 1 aliphatic heterocycles. The molecular formula is C22H15F3N2O3. The van der Waals surface area contributed by atoms with Crippen LogP contribution >= 0.6 is 0 Å². The molecule has 0 N–H and O–H groups in total. The minimum atomic E-state index is -4.95. The largest absolute Gasteiger partial charge is 0.573 e. The SMILES string of the molecule is Cc1cc(-c2cccnc2)cc2c1C(=O)N(C(=O)c1ccccc1OC(F)(F)F)C2. The molecule has 0 atom stereocenters. The van der Waals surface area contributed by atoms with E-state index in [1.807, 2.05) is 12.1 Å². The Hall–Kier alpha value is -3.68. The first-order chi connectivity index (χ1) is 14.2. The smallest absolute Gasteiger partial charge is 0.405 e. The van der Waals surface area contributed by atoms with E-state index in [0.29, 0.717) is 16.7 Å². The van der Waals surface area contributed by atoms with Crippen LogP contribution in [0.4, 0.5) is 13.2 Å². The average molecular weight is 412 g/mol. The summed E-state index contributed by atoms with van der Waals surface area (Å²) in [6.45, 7) is 1.72. The Labute approximate surface area is 169 Å². The summed E-state index contributed by atoms with van der Waals surface area (Å²) in [7, 11) is 0. The van der Waals surface area contributed by atoms with Crippen LogP contribution in [-0.4, -0.2) is 28.1 Å². The second kappa shape index (κ2) is 7.29. The Morgan fingerprint density at radius 3 is 2.57 bits per heavy atom. The Kier molecular flexibility index (Phi) is 4.77. The van der Waals surface area contributed by atoms with E-state index in [1.165, 1.54) is 18.2 Å². The van der Waals surface area contributed by atoms with Gasteiger partial charge in [0.2, 0.25) is 0 Å². The van der Waals surface area contributed by atoms with E-state index in [4.69, 9.17) is 0 Å². The van der Waals surface area contributed by atoms with Crippen LogP contribution in [0.1, 0.15) is 31.8 Å². The van der Waals surface area contributed by atoms with Gasteiger partial charge >= 0.3 is 6.36 Å². The number of aryl methyl sites for hydroxylation is 1. The zero-order chi connectivity index (χ0) is 21.5. The Morgan fingerprint density at radius 1 is 1.10 bits per heavy atom. The van der Waals surface area contributed by atoms with Crippen LogP contribution in [0.3, 0.4) is 0 Å². The van der Waals surface area contributed by atoms with Crippen molar-refractivity contribution in [2.45, 2.75) is 19.8 Å². The van der Waals surface area contributed by atoms with E-state index < -0.39 is 23.9 Å². The molecule has 0 radical (unpaired) electrons. The summed E-state index contributed by atoms with van der Waals surface area (Å²) < 4.78 is 42.0. The van der Waals surface area contributed by atoms with Gasteiger partial charge in [0.15, 0.2) is 0 Å². The van der Waals surface area contributed by atoms with Gasteiger partial charge in [0.1, 0.15) is 5.75 Å². The molecule has 5 nitrogen and oxygen atoms in total. The predicted octanol–water partition coefficient (Wildman–Crippen LogP) is 4.75. The maximum atomic E-state index is 12.9. The molecule has 30 heavy (non-hydrogen) atoms. The molecule has 0 aliphatic carbocycles. The van der Waals surface area contributed by atoms with Crippen molar-refractivity contribution in [3.63, 3.8) is 0 Å². The van der Waals surface area contributed by atoms with E-state index in [9.17, 15) is 22.8 Å². The number of aromatic nitrogens is 1. The van der Waals surface area contributed by atoms with Crippen molar-refractivity contribution in [2.24, 2.45) is 0 Å². The molecule has 3 aromatic rings. The monoisotopic (exact) mass is 412 g/mol. The van der Waals surface area contributed by atoms with Gasteiger partial charge in [-0.15, -0.1) is 13.2 Å². The third-order valence-corrected chi connectivity index (χ3v) is 4.79. The quantitative estimate of drug-likeness (QED) is 0.583. The fourth-order valence-corrected chi connectivity index (χ4v) is 3.53. The highest BCUT2D eigenvalue weighted by Gasteiger charge is 2.37. The van der Waals surface area contributed by atoms with Gasteiger partial charge in [-0.25, -0.2) is 0 Å². The maximum absolute atomic E-state index is 12.9. The first kappa shape index (κ1) is 19.6. The van der Waals surface area contributed by atoms with Gasteiger partial charge in [-0.05, 0) is 47.9 Å². The van der Waals surface area contributed by atoms with Crippen molar-refractivity contribution in [3.8, 4) is 16.9 Å². The van der Waals surface area contributed by atoms with Crippen LogP contribution in [-0.2, 0) is 6.54 Å². The van der Waals surface area contributed by atoms with Crippen molar-refractivity contribution in [2.75, 3.05) is 0 Å². The van der Waals surface area contributed by atoms with E-state index >= 15 is 0 Å². The van der Waals surface area contributed by atoms with Crippen molar-refractivity contribution >= 4 is 11.8 Å². The zero-order valence-electron chi connectivity index (χ0n) is 15.7. The Morgan fingerprint density at radius 2 is 1.87 bits per heavy atom. The predicted molar refractivity (Wildman–Crippen MR) is 102 cm³/mol. The van der Waals surface area contributed by atoms with Gasteiger partial charge in [-0.2, -0.15) is 0 Å². The highest BCUT2D eigenvalue weighted by atomic mass is 19.4. The van der Waals surface area contributed by atoms with Crippen LogP contribution in [0, 0.1) is 6.92 Å². The lowest BCUT2D eigenvalue weighted by molar-refractivity contribution is -0.274. The maximum Gasteiger partial charge on any atom is 0.573 e. The summed E-state index contributed by atoms with van der Waals surface area (Å²) >= 11 is 0.